The van der Waals surface area contributed by atoms with Crippen molar-refractivity contribution in [2.75, 3.05) is 11.1 Å². The standard InChI is InChI=1S/C15H18N2O3S2/c1-4-9(2)20-14(19)8-21-15-17-12-6-5-11(16-10(3)18)7-13(12)22-15/h5-7,9H,4,8H2,1-3H3,(H,16,18)/t9-/m1/s1. The lowest BCUT2D eigenvalue weighted by Gasteiger charge is -2.09. The summed E-state index contributed by atoms with van der Waals surface area (Å²) in [5.41, 5.74) is 1.60. The fraction of sp³-hybridized carbons (Fsp3) is 0.400. The van der Waals surface area contributed by atoms with Crippen LogP contribution in [-0.4, -0.2) is 28.7 Å². The number of rotatable bonds is 6. The lowest BCUT2D eigenvalue weighted by atomic mass is 10.3. The van der Waals surface area contributed by atoms with Gasteiger partial charge in [0.25, 0.3) is 0 Å². The van der Waals surface area contributed by atoms with E-state index in [1.165, 1.54) is 30.0 Å². The lowest BCUT2D eigenvalue weighted by molar-refractivity contribution is -0.145. The maximum atomic E-state index is 11.7. The number of hydrogen-bond acceptors (Lipinski definition) is 6. The molecule has 118 valence electrons. The number of esters is 1. The molecule has 5 nitrogen and oxygen atoms in total. The number of carbonyl (C=O) groups is 2. The van der Waals surface area contributed by atoms with Crippen molar-refractivity contribution >= 4 is 50.9 Å². The molecule has 22 heavy (non-hydrogen) atoms. The highest BCUT2D eigenvalue weighted by atomic mass is 32.2. The van der Waals surface area contributed by atoms with Crippen LogP contribution in [0.15, 0.2) is 22.5 Å². The Morgan fingerprint density at radius 2 is 2.23 bits per heavy atom. The van der Waals surface area contributed by atoms with Crippen LogP contribution in [0.3, 0.4) is 0 Å². The maximum Gasteiger partial charge on any atom is 0.316 e. The van der Waals surface area contributed by atoms with Crippen molar-refractivity contribution in [2.45, 2.75) is 37.6 Å². The first-order chi connectivity index (χ1) is 10.5. The summed E-state index contributed by atoms with van der Waals surface area (Å²) < 4.78 is 7.02. The molecule has 0 unspecified atom stereocenters. The molecule has 0 aliphatic heterocycles. The topological polar surface area (TPSA) is 68.3 Å². The van der Waals surface area contributed by atoms with Crippen LogP contribution in [0.1, 0.15) is 27.2 Å². The molecular weight excluding hydrogens is 320 g/mol. The second-order valence-electron chi connectivity index (χ2n) is 4.84. The number of nitrogens with zero attached hydrogens (tertiary/aromatic N) is 1. The van der Waals surface area contributed by atoms with E-state index in [1.807, 2.05) is 32.0 Å². The molecule has 0 saturated heterocycles. The third-order valence-corrected chi connectivity index (χ3v) is 5.04. The van der Waals surface area contributed by atoms with Crippen LogP contribution in [0.4, 0.5) is 5.69 Å². The molecule has 1 aromatic carbocycles. The average molecular weight is 338 g/mol. The summed E-state index contributed by atoms with van der Waals surface area (Å²) in [7, 11) is 0. The van der Waals surface area contributed by atoms with Gasteiger partial charge in [0.2, 0.25) is 5.91 Å². The molecule has 0 saturated carbocycles. The van der Waals surface area contributed by atoms with Crippen molar-refractivity contribution in [3.63, 3.8) is 0 Å². The zero-order chi connectivity index (χ0) is 16.1. The van der Waals surface area contributed by atoms with E-state index in [-0.39, 0.29) is 23.7 Å². The Morgan fingerprint density at radius 3 is 2.91 bits per heavy atom. The lowest BCUT2D eigenvalue weighted by Crippen LogP contribution is -2.15. The highest BCUT2D eigenvalue weighted by Crippen LogP contribution is 2.31. The Kier molecular flexibility index (Phi) is 5.79. The van der Waals surface area contributed by atoms with Crippen molar-refractivity contribution in [3.05, 3.63) is 18.2 Å². The summed E-state index contributed by atoms with van der Waals surface area (Å²) in [6.07, 6.45) is 0.757. The minimum absolute atomic E-state index is 0.0521. The molecule has 2 aromatic rings. The molecule has 7 heteroatoms. The highest BCUT2D eigenvalue weighted by molar-refractivity contribution is 8.01. The fourth-order valence-corrected chi connectivity index (χ4v) is 3.60. The normalized spacial score (nSPS) is 12.1. The zero-order valence-corrected chi connectivity index (χ0v) is 14.3. The summed E-state index contributed by atoms with van der Waals surface area (Å²) in [6, 6.07) is 5.56. The second-order valence-corrected chi connectivity index (χ2v) is 7.09. The first-order valence-corrected chi connectivity index (χ1v) is 8.78. The van der Waals surface area contributed by atoms with Crippen LogP contribution < -0.4 is 5.32 Å². The van der Waals surface area contributed by atoms with Gasteiger partial charge in [0.05, 0.1) is 22.1 Å². The molecule has 1 aromatic heterocycles. The molecule has 1 N–H and O–H groups in total. The van der Waals surface area contributed by atoms with Crippen LogP contribution in [0.5, 0.6) is 0 Å². The van der Waals surface area contributed by atoms with Crippen LogP contribution in [0.25, 0.3) is 10.2 Å². The SMILES string of the molecule is CC[C@@H](C)OC(=O)CSc1nc2ccc(NC(C)=O)cc2s1. The van der Waals surface area contributed by atoms with Crippen LogP contribution in [-0.2, 0) is 14.3 Å². The molecule has 1 heterocycles. The first-order valence-electron chi connectivity index (χ1n) is 6.98. The van der Waals surface area contributed by atoms with E-state index in [2.05, 4.69) is 10.3 Å². The van der Waals surface area contributed by atoms with Gasteiger partial charge in [-0.25, -0.2) is 4.98 Å². The van der Waals surface area contributed by atoms with E-state index in [0.717, 1.165) is 26.7 Å². The number of hydrogen-bond donors (Lipinski definition) is 1. The van der Waals surface area contributed by atoms with Gasteiger partial charge >= 0.3 is 5.97 Å². The quantitative estimate of drug-likeness (QED) is 0.642. The van der Waals surface area contributed by atoms with E-state index in [0.29, 0.717) is 0 Å². The van der Waals surface area contributed by atoms with E-state index < -0.39 is 0 Å². The fourth-order valence-electron chi connectivity index (χ4n) is 1.71. The van der Waals surface area contributed by atoms with Crippen molar-refractivity contribution < 1.29 is 14.3 Å². The highest BCUT2D eigenvalue weighted by Gasteiger charge is 2.11. The zero-order valence-electron chi connectivity index (χ0n) is 12.7. The van der Waals surface area contributed by atoms with Gasteiger partial charge in [-0.3, -0.25) is 9.59 Å². The molecule has 0 aliphatic carbocycles. The Hall–Kier alpha value is -1.60. The number of thioether (sulfide) groups is 1. The van der Waals surface area contributed by atoms with Gasteiger partial charge < -0.3 is 10.1 Å². The van der Waals surface area contributed by atoms with Gasteiger partial charge in [-0.1, -0.05) is 18.7 Å². The van der Waals surface area contributed by atoms with Crippen LogP contribution >= 0.6 is 23.1 Å². The van der Waals surface area contributed by atoms with Crippen molar-refractivity contribution in [3.8, 4) is 0 Å². The van der Waals surface area contributed by atoms with Gasteiger partial charge in [-0.15, -0.1) is 11.3 Å². The Labute approximate surface area is 137 Å². The van der Waals surface area contributed by atoms with Crippen LogP contribution in [0.2, 0.25) is 0 Å². The van der Waals surface area contributed by atoms with Gasteiger partial charge in [-0.2, -0.15) is 0 Å². The number of aromatic nitrogens is 1. The molecule has 0 aliphatic rings. The number of anilines is 1. The predicted molar refractivity (Wildman–Crippen MR) is 90.5 cm³/mol. The van der Waals surface area contributed by atoms with E-state index in [4.69, 9.17) is 4.74 Å². The molecule has 0 spiro atoms. The molecule has 0 bridgehead atoms. The van der Waals surface area contributed by atoms with E-state index in [1.54, 1.807) is 0 Å². The molecule has 1 atom stereocenters. The molecular formula is C15H18N2O3S2. The van der Waals surface area contributed by atoms with Gasteiger partial charge in [-0.05, 0) is 31.5 Å². The largest absolute Gasteiger partial charge is 0.462 e. The molecule has 1 amide bonds. The number of ether oxygens (including phenoxy) is 1. The van der Waals surface area contributed by atoms with Gasteiger partial charge in [0, 0.05) is 12.6 Å². The van der Waals surface area contributed by atoms with Gasteiger partial charge in [0.1, 0.15) is 0 Å². The minimum Gasteiger partial charge on any atom is -0.462 e. The number of carbonyl (C=O) groups excluding carboxylic acids is 2. The third kappa shape index (κ3) is 4.71. The monoisotopic (exact) mass is 338 g/mol. The molecule has 0 radical (unpaired) electrons. The number of fused-ring (bicyclic) bond motifs is 1. The summed E-state index contributed by atoms with van der Waals surface area (Å²) in [5, 5.41) is 2.74. The minimum atomic E-state index is -0.224. The number of thiazole rings is 1. The van der Waals surface area contributed by atoms with Crippen molar-refractivity contribution in [1.82, 2.24) is 4.98 Å². The number of amides is 1. The second kappa shape index (κ2) is 7.60. The van der Waals surface area contributed by atoms with E-state index in [9.17, 15) is 9.59 Å². The Balaban J connectivity index is 2.00. The summed E-state index contributed by atoms with van der Waals surface area (Å²) in [5.74, 6) is -0.0771. The van der Waals surface area contributed by atoms with Gasteiger partial charge in [0.15, 0.2) is 4.34 Å². The summed E-state index contributed by atoms with van der Waals surface area (Å²) in [4.78, 5) is 27.2. The van der Waals surface area contributed by atoms with E-state index >= 15 is 0 Å². The van der Waals surface area contributed by atoms with Crippen molar-refractivity contribution in [1.29, 1.82) is 0 Å². The average Bonchev–Trinajstić information content (AvgIpc) is 2.86. The summed E-state index contributed by atoms with van der Waals surface area (Å²) in [6.45, 7) is 5.33. The molecule has 2 rings (SSSR count). The van der Waals surface area contributed by atoms with Crippen LogP contribution in [0, 0.1) is 0 Å². The number of nitrogens with one attached hydrogen (secondary N) is 1. The Bertz CT molecular complexity index is 684. The first kappa shape index (κ1) is 16.8. The summed E-state index contributed by atoms with van der Waals surface area (Å²) >= 11 is 2.87. The molecule has 0 fully saturated rings. The Morgan fingerprint density at radius 1 is 1.45 bits per heavy atom. The maximum absolute atomic E-state index is 11.7. The third-order valence-electron chi connectivity index (χ3n) is 2.91. The number of benzene rings is 1. The smallest absolute Gasteiger partial charge is 0.316 e. The predicted octanol–water partition coefficient (Wildman–Crippen LogP) is 3.69. The van der Waals surface area contributed by atoms with Crippen molar-refractivity contribution in [2.24, 2.45) is 0 Å².